The highest BCUT2D eigenvalue weighted by Crippen LogP contribution is 2.30. The third-order valence-corrected chi connectivity index (χ3v) is 4.43. The number of nitrogens with zero attached hydrogens (tertiary/aromatic N) is 3. The van der Waals surface area contributed by atoms with Crippen LogP contribution in [0.2, 0.25) is 0 Å². The van der Waals surface area contributed by atoms with E-state index in [2.05, 4.69) is 10.0 Å². The number of carbonyl (C=O) groups is 1. The topological polar surface area (TPSA) is 114 Å². The molecule has 2 unspecified atom stereocenters. The Labute approximate surface area is 162 Å². The van der Waals surface area contributed by atoms with E-state index in [1.54, 1.807) is 30.3 Å². The molecule has 4 atom stereocenters. The van der Waals surface area contributed by atoms with Gasteiger partial charge in [0, 0.05) is 16.9 Å². The van der Waals surface area contributed by atoms with E-state index in [1.807, 2.05) is 30.3 Å². The number of benzene rings is 2. The van der Waals surface area contributed by atoms with Gasteiger partial charge in [0.05, 0.1) is 18.8 Å². The average molecular weight is 383 g/mol. The summed E-state index contributed by atoms with van der Waals surface area (Å²) >= 11 is 0. The number of esters is 1. The molecule has 0 aromatic heterocycles. The molecule has 1 heterocycles. The molecule has 28 heavy (non-hydrogen) atoms. The number of hydrogen-bond donors (Lipinski definition) is 1. The number of aliphatic hydroxyl groups is 1. The van der Waals surface area contributed by atoms with Gasteiger partial charge in [0.1, 0.15) is 18.2 Å². The highest BCUT2D eigenvalue weighted by Gasteiger charge is 2.37. The Balaban J connectivity index is 1.81. The molecular formula is C20H21N3O5. The zero-order valence-corrected chi connectivity index (χ0v) is 15.1. The van der Waals surface area contributed by atoms with Crippen LogP contribution < -0.4 is 0 Å². The minimum absolute atomic E-state index is 0.358. The smallest absolute Gasteiger partial charge is 0.338 e. The van der Waals surface area contributed by atoms with Crippen LogP contribution in [0.15, 0.2) is 65.8 Å². The number of hydrogen-bond acceptors (Lipinski definition) is 6. The summed E-state index contributed by atoms with van der Waals surface area (Å²) in [4.78, 5) is 15.3. The van der Waals surface area contributed by atoms with Gasteiger partial charge in [-0.1, -0.05) is 53.6 Å². The zero-order chi connectivity index (χ0) is 19.8. The maximum absolute atomic E-state index is 12.5. The molecule has 8 heteroatoms. The summed E-state index contributed by atoms with van der Waals surface area (Å²) < 4.78 is 17.3. The number of aliphatic hydroxyl groups excluding tert-OH is 1. The van der Waals surface area contributed by atoms with E-state index in [-0.39, 0.29) is 0 Å². The Kier molecular flexibility index (Phi) is 7.00. The summed E-state index contributed by atoms with van der Waals surface area (Å²) in [5.41, 5.74) is 10.0. The highest BCUT2D eigenvalue weighted by molar-refractivity contribution is 5.89. The second kappa shape index (κ2) is 9.87. The van der Waals surface area contributed by atoms with Crippen molar-refractivity contribution >= 4 is 5.97 Å². The van der Waals surface area contributed by atoms with Crippen molar-refractivity contribution in [1.29, 1.82) is 0 Å². The molecular weight excluding hydrogens is 362 g/mol. The third-order valence-electron chi connectivity index (χ3n) is 4.43. The Morgan fingerprint density at radius 3 is 2.54 bits per heavy atom. The van der Waals surface area contributed by atoms with E-state index in [0.717, 1.165) is 5.56 Å². The van der Waals surface area contributed by atoms with Gasteiger partial charge in [-0.2, -0.15) is 0 Å². The van der Waals surface area contributed by atoms with Crippen LogP contribution in [0, 0.1) is 0 Å². The molecule has 3 rings (SSSR count). The van der Waals surface area contributed by atoms with Gasteiger partial charge in [0.2, 0.25) is 0 Å². The summed E-state index contributed by atoms with van der Waals surface area (Å²) in [6.07, 6.45) is -1.77. The van der Waals surface area contributed by atoms with E-state index >= 15 is 0 Å². The molecule has 8 nitrogen and oxygen atoms in total. The molecule has 2 aromatic rings. The number of rotatable bonds is 7. The minimum Gasteiger partial charge on any atom is -0.455 e. The maximum atomic E-state index is 12.5. The fourth-order valence-corrected chi connectivity index (χ4v) is 3.02. The molecule has 146 valence electrons. The first kappa shape index (κ1) is 19.9. The van der Waals surface area contributed by atoms with Crippen molar-refractivity contribution in [2.24, 2.45) is 5.11 Å². The Morgan fingerprint density at radius 2 is 1.89 bits per heavy atom. The second-order valence-electron chi connectivity index (χ2n) is 6.27. The molecule has 0 bridgehead atoms. The van der Waals surface area contributed by atoms with Crippen LogP contribution in [0.1, 0.15) is 28.6 Å². The van der Waals surface area contributed by atoms with Gasteiger partial charge in [-0.15, -0.1) is 0 Å². The van der Waals surface area contributed by atoms with E-state index in [0.29, 0.717) is 18.6 Å². The van der Waals surface area contributed by atoms with Crippen LogP contribution in [0.3, 0.4) is 0 Å². The zero-order valence-electron chi connectivity index (χ0n) is 15.1. The average Bonchev–Trinajstić information content (AvgIpc) is 2.77. The molecule has 1 aliphatic heterocycles. The molecule has 1 saturated heterocycles. The molecule has 0 saturated carbocycles. The fraction of sp³-hybridized carbons (Fsp3) is 0.350. The Bertz CT molecular complexity index is 811. The standard InChI is InChI=1S/C20H21N3O5/c21-23-22-16(13-24)18(28-19(25)14-7-3-1-4-8-14)17-11-12-26-20(27-17)15-9-5-2-6-10-15/h1-10,16-18,20,24H,11-13H2/t16-,17+,18?,20?/m0/s1. The molecule has 0 aliphatic carbocycles. The van der Waals surface area contributed by atoms with Gasteiger partial charge in [-0.05, 0) is 17.7 Å². The van der Waals surface area contributed by atoms with E-state index < -0.39 is 37.1 Å². The predicted octanol–water partition coefficient (Wildman–Crippen LogP) is 3.39. The van der Waals surface area contributed by atoms with Crippen molar-refractivity contribution in [3.63, 3.8) is 0 Å². The van der Waals surface area contributed by atoms with Crippen LogP contribution in [-0.2, 0) is 14.2 Å². The van der Waals surface area contributed by atoms with Gasteiger partial charge in [-0.25, -0.2) is 4.79 Å². The summed E-state index contributed by atoms with van der Waals surface area (Å²) in [6.45, 7) is -0.106. The largest absolute Gasteiger partial charge is 0.455 e. The van der Waals surface area contributed by atoms with Crippen molar-refractivity contribution < 1.29 is 24.1 Å². The number of carbonyl (C=O) groups excluding carboxylic acids is 1. The molecule has 2 aromatic carbocycles. The third kappa shape index (κ3) is 4.88. The van der Waals surface area contributed by atoms with E-state index in [1.165, 1.54) is 0 Å². The summed E-state index contributed by atoms with van der Waals surface area (Å²) in [5.74, 6) is -0.580. The Morgan fingerprint density at radius 1 is 1.21 bits per heavy atom. The monoisotopic (exact) mass is 383 g/mol. The summed E-state index contributed by atoms with van der Waals surface area (Å²) in [6, 6.07) is 16.9. The van der Waals surface area contributed by atoms with Crippen LogP contribution in [0.4, 0.5) is 0 Å². The lowest BCUT2D eigenvalue weighted by molar-refractivity contribution is -0.240. The highest BCUT2D eigenvalue weighted by atomic mass is 16.7. The summed E-state index contributed by atoms with van der Waals surface area (Å²) in [5, 5.41) is 13.3. The van der Waals surface area contributed by atoms with Crippen LogP contribution >= 0.6 is 0 Å². The predicted molar refractivity (Wildman–Crippen MR) is 100 cm³/mol. The molecule has 0 amide bonds. The normalized spacial score (nSPS) is 21.2. The summed E-state index contributed by atoms with van der Waals surface area (Å²) in [7, 11) is 0. The maximum Gasteiger partial charge on any atom is 0.338 e. The molecule has 0 spiro atoms. The van der Waals surface area contributed by atoms with Crippen molar-refractivity contribution in [3.8, 4) is 0 Å². The van der Waals surface area contributed by atoms with Gasteiger partial charge in [-0.3, -0.25) is 0 Å². The second-order valence-corrected chi connectivity index (χ2v) is 6.27. The number of azide groups is 1. The SMILES string of the molecule is [N-]=[N+]=N[C@@H](CO)C(OC(=O)c1ccccc1)[C@H]1CCOC(c2ccccc2)O1. The minimum atomic E-state index is -0.975. The quantitative estimate of drug-likeness (QED) is 0.341. The van der Waals surface area contributed by atoms with E-state index in [9.17, 15) is 9.90 Å². The van der Waals surface area contributed by atoms with Gasteiger partial charge < -0.3 is 19.3 Å². The fourth-order valence-electron chi connectivity index (χ4n) is 3.02. The Hall–Kier alpha value is -2.90. The lowest BCUT2D eigenvalue weighted by atomic mass is 10.0. The van der Waals surface area contributed by atoms with Crippen molar-refractivity contribution in [3.05, 3.63) is 82.2 Å². The van der Waals surface area contributed by atoms with Crippen molar-refractivity contribution in [2.75, 3.05) is 13.2 Å². The molecule has 0 radical (unpaired) electrons. The van der Waals surface area contributed by atoms with Crippen molar-refractivity contribution in [2.45, 2.75) is 31.0 Å². The van der Waals surface area contributed by atoms with Crippen molar-refractivity contribution in [1.82, 2.24) is 0 Å². The first-order chi connectivity index (χ1) is 13.7. The van der Waals surface area contributed by atoms with Gasteiger partial charge in [0.25, 0.3) is 0 Å². The van der Waals surface area contributed by atoms with Crippen LogP contribution in [-0.4, -0.2) is 42.5 Å². The lowest BCUT2D eigenvalue weighted by Crippen LogP contribution is -2.46. The van der Waals surface area contributed by atoms with E-state index in [4.69, 9.17) is 19.7 Å². The molecule has 1 aliphatic rings. The van der Waals surface area contributed by atoms with Crippen LogP contribution in [0.25, 0.3) is 10.4 Å². The van der Waals surface area contributed by atoms with Gasteiger partial charge in [0.15, 0.2) is 6.29 Å². The van der Waals surface area contributed by atoms with Gasteiger partial charge >= 0.3 is 5.97 Å². The molecule has 1 N–H and O–H groups in total. The molecule has 1 fully saturated rings. The number of ether oxygens (including phenoxy) is 3. The first-order valence-corrected chi connectivity index (χ1v) is 8.96. The van der Waals surface area contributed by atoms with Crippen LogP contribution in [0.5, 0.6) is 0 Å². The first-order valence-electron chi connectivity index (χ1n) is 8.96. The lowest BCUT2D eigenvalue weighted by Gasteiger charge is -2.36.